The third-order valence-electron chi connectivity index (χ3n) is 7.27. The molecule has 0 spiro atoms. The van der Waals surface area contributed by atoms with Gasteiger partial charge in [-0.3, -0.25) is 14.2 Å². The number of ether oxygens (including phenoxy) is 1. The number of hydrogen-bond donors (Lipinski definition) is 0. The van der Waals surface area contributed by atoms with Crippen molar-refractivity contribution in [3.05, 3.63) is 70.1 Å². The molecule has 2 aromatic heterocycles. The van der Waals surface area contributed by atoms with Crippen molar-refractivity contribution >= 4 is 28.6 Å². The van der Waals surface area contributed by atoms with E-state index in [1.165, 1.54) is 0 Å². The van der Waals surface area contributed by atoms with Crippen LogP contribution >= 0.6 is 0 Å². The highest BCUT2D eigenvalue weighted by Gasteiger charge is 2.33. The number of aromatic nitrogens is 2. The summed E-state index contributed by atoms with van der Waals surface area (Å²) in [5.41, 5.74) is 1.64. The third kappa shape index (κ3) is 4.59. The number of rotatable bonds is 6. The van der Waals surface area contributed by atoms with Gasteiger partial charge in [0.15, 0.2) is 0 Å². The predicted molar refractivity (Wildman–Crippen MR) is 138 cm³/mol. The Morgan fingerprint density at radius 2 is 1.72 bits per heavy atom. The average molecular weight is 489 g/mol. The maximum atomic E-state index is 13.8. The van der Waals surface area contributed by atoms with E-state index in [-0.39, 0.29) is 24.0 Å². The molecular formula is C28H32N4O4. The fraction of sp³-hybridized carbons (Fsp3) is 0.429. The van der Waals surface area contributed by atoms with Gasteiger partial charge in [-0.15, -0.1) is 0 Å². The van der Waals surface area contributed by atoms with E-state index in [0.717, 1.165) is 36.6 Å². The fourth-order valence-electron chi connectivity index (χ4n) is 5.47. The number of nitrogens with zero attached hydrogens (tertiary/aromatic N) is 4. The summed E-state index contributed by atoms with van der Waals surface area (Å²) in [6, 6.07) is 13.4. The molecule has 0 bridgehead atoms. The first-order valence-corrected chi connectivity index (χ1v) is 12.8. The Labute approximate surface area is 210 Å². The van der Waals surface area contributed by atoms with E-state index in [2.05, 4.69) is 4.98 Å². The van der Waals surface area contributed by atoms with Crippen LogP contribution in [-0.2, 0) is 16.1 Å². The molecule has 2 fully saturated rings. The highest BCUT2D eigenvalue weighted by molar-refractivity contribution is 6.04. The minimum atomic E-state index is -0.630. The molecule has 3 heterocycles. The number of fused-ring (bicyclic) bond motifs is 1. The minimum absolute atomic E-state index is 0.0313. The van der Waals surface area contributed by atoms with Crippen LogP contribution in [0.25, 0.3) is 11.0 Å². The Morgan fingerprint density at radius 1 is 1.00 bits per heavy atom. The Hall–Kier alpha value is -3.68. The normalized spacial score (nSPS) is 16.5. The van der Waals surface area contributed by atoms with Crippen molar-refractivity contribution in [2.75, 3.05) is 37.7 Å². The first-order valence-electron chi connectivity index (χ1n) is 12.8. The monoisotopic (exact) mass is 488 g/mol. The fourth-order valence-corrected chi connectivity index (χ4v) is 5.47. The highest BCUT2D eigenvalue weighted by atomic mass is 16.5. The van der Waals surface area contributed by atoms with E-state index in [0.29, 0.717) is 44.1 Å². The molecule has 8 heteroatoms. The van der Waals surface area contributed by atoms with Crippen molar-refractivity contribution in [2.45, 2.75) is 39.2 Å². The molecule has 8 nitrogen and oxygen atoms in total. The second kappa shape index (κ2) is 10.5. The zero-order chi connectivity index (χ0) is 25.1. The molecule has 1 saturated carbocycles. The van der Waals surface area contributed by atoms with Gasteiger partial charge in [-0.25, -0.2) is 9.78 Å². The zero-order valence-corrected chi connectivity index (χ0v) is 20.7. The van der Waals surface area contributed by atoms with E-state index < -0.39 is 11.5 Å². The number of pyridine rings is 2. The van der Waals surface area contributed by atoms with Crippen LogP contribution in [0.1, 0.15) is 48.5 Å². The van der Waals surface area contributed by atoms with Gasteiger partial charge < -0.3 is 14.5 Å². The number of hydrogen-bond acceptors (Lipinski definition) is 6. The average Bonchev–Trinajstić information content (AvgIpc) is 3.45. The summed E-state index contributed by atoms with van der Waals surface area (Å²) in [7, 11) is 0. The van der Waals surface area contributed by atoms with Crippen LogP contribution < -0.4 is 10.5 Å². The lowest BCUT2D eigenvalue weighted by atomic mass is 10.0. The molecule has 5 rings (SSSR count). The number of anilines is 1. The number of carbonyl (C=O) groups is 2. The molecular weight excluding hydrogens is 456 g/mol. The van der Waals surface area contributed by atoms with Crippen molar-refractivity contribution in [3.8, 4) is 0 Å². The van der Waals surface area contributed by atoms with Gasteiger partial charge in [0.25, 0.3) is 5.56 Å². The smallest absolute Gasteiger partial charge is 0.345 e. The Morgan fingerprint density at radius 3 is 2.42 bits per heavy atom. The van der Waals surface area contributed by atoms with E-state index in [4.69, 9.17) is 4.74 Å². The van der Waals surface area contributed by atoms with E-state index in [1.54, 1.807) is 17.7 Å². The second-order valence-electron chi connectivity index (χ2n) is 9.49. The molecule has 1 aliphatic carbocycles. The van der Waals surface area contributed by atoms with Gasteiger partial charge in [-0.1, -0.05) is 43.2 Å². The van der Waals surface area contributed by atoms with Crippen LogP contribution in [0.5, 0.6) is 0 Å². The lowest BCUT2D eigenvalue weighted by Crippen LogP contribution is -2.51. The summed E-state index contributed by atoms with van der Waals surface area (Å²) < 4.78 is 6.91. The number of benzene rings is 1. The number of esters is 1. The summed E-state index contributed by atoms with van der Waals surface area (Å²) in [5, 5.41) is 0.728. The first-order chi connectivity index (χ1) is 17.6. The Kier molecular flexibility index (Phi) is 7.02. The van der Waals surface area contributed by atoms with Gasteiger partial charge in [0.1, 0.15) is 11.2 Å². The molecule has 0 unspecified atom stereocenters. The molecule has 2 aliphatic rings. The van der Waals surface area contributed by atoms with Crippen molar-refractivity contribution in [3.63, 3.8) is 0 Å². The summed E-state index contributed by atoms with van der Waals surface area (Å²) >= 11 is 0. The first kappa shape index (κ1) is 24.0. The second-order valence-corrected chi connectivity index (χ2v) is 9.49. The zero-order valence-electron chi connectivity index (χ0n) is 20.7. The van der Waals surface area contributed by atoms with Gasteiger partial charge in [-0.2, -0.15) is 0 Å². The molecule has 0 N–H and O–H groups in total. The molecule has 0 atom stereocenters. The predicted octanol–water partition coefficient (Wildman–Crippen LogP) is 3.46. The van der Waals surface area contributed by atoms with E-state index in [1.807, 2.05) is 52.3 Å². The molecule has 1 saturated heterocycles. The lowest BCUT2D eigenvalue weighted by molar-refractivity contribution is -0.135. The van der Waals surface area contributed by atoms with Gasteiger partial charge in [-0.05, 0) is 37.5 Å². The molecule has 188 valence electrons. The van der Waals surface area contributed by atoms with Crippen LogP contribution in [0.15, 0.2) is 53.5 Å². The Balaban J connectivity index is 1.55. The summed E-state index contributed by atoms with van der Waals surface area (Å²) in [5.74, 6) is -0.254. The molecule has 1 amide bonds. The van der Waals surface area contributed by atoms with Crippen LogP contribution in [0, 0.1) is 5.92 Å². The lowest BCUT2D eigenvalue weighted by Gasteiger charge is -2.38. The molecule has 1 aliphatic heterocycles. The maximum absolute atomic E-state index is 13.8. The van der Waals surface area contributed by atoms with Crippen LogP contribution in [0.2, 0.25) is 0 Å². The van der Waals surface area contributed by atoms with E-state index in [9.17, 15) is 14.4 Å². The quantitative estimate of drug-likeness (QED) is 0.494. The van der Waals surface area contributed by atoms with Gasteiger partial charge >= 0.3 is 5.97 Å². The van der Waals surface area contributed by atoms with Crippen LogP contribution in [-0.4, -0.2) is 59.1 Å². The summed E-state index contributed by atoms with van der Waals surface area (Å²) in [6.07, 6.45) is 5.86. The van der Waals surface area contributed by atoms with Gasteiger partial charge in [0, 0.05) is 43.7 Å². The van der Waals surface area contributed by atoms with Gasteiger partial charge in [0.05, 0.1) is 18.8 Å². The topological polar surface area (TPSA) is 84.7 Å². The molecule has 3 aromatic rings. The minimum Gasteiger partial charge on any atom is -0.462 e. The molecule has 1 aromatic carbocycles. The van der Waals surface area contributed by atoms with Gasteiger partial charge in [0.2, 0.25) is 5.91 Å². The standard InChI is InChI=1S/C28H32N4O4/c1-2-36-28(35)23-24(30-15-17-31(18-16-30)26(33)21-11-6-7-12-21)22-13-8-14-29-25(22)32(27(23)34)19-20-9-4-3-5-10-20/h3-5,8-10,13-14,21H,2,6-7,11-12,15-19H2,1H3. The summed E-state index contributed by atoms with van der Waals surface area (Å²) in [6.45, 7) is 4.40. The maximum Gasteiger partial charge on any atom is 0.345 e. The number of amides is 1. The SMILES string of the molecule is CCOC(=O)c1c(N2CCN(C(=O)C3CCCC3)CC2)c2cccnc2n(Cc2ccccc2)c1=O. The molecule has 36 heavy (non-hydrogen) atoms. The van der Waals surface area contributed by atoms with E-state index >= 15 is 0 Å². The molecule has 0 radical (unpaired) electrons. The van der Waals surface area contributed by atoms with Crippen LogP contribution in [0.3, 0.4) is 0 Å². The van der Waals surface area contributed by atoms with Crippen molar-refractivity contribution < 1.29 is 14.3 Å². The third-order valence-corrected chi connectivity index (χ3v) is 7.27. The van der Waals surface area contributed by atoms with Crippen molar-refractivity contribution in [1.82, 2.24) is 14.5 Å². The van der Waals surface area contributed by atoms with Crippen LogP contribution in [0.4, 0.5) is 5.69 Å². The number of carbonyl (C=O) groups excluding carboxylic acids is 2. The van der Waals surface area contributed by atoms with Crippen molar-refractivity contribution in [2.24, 2.45) is 5.92 Å². The highest BCUT2D eigenvalue weighted by Crippen LogP contribution is 2.31. The Bertz CT molecular complexity index is 1310. The summed E-state index contributed by atoms with van der Waals surface area (Å²) in [4.78, 5) is 48.5. The number of piperazine rings is 1. The van der Waals surface area contributed by atoms with Crippen molar-refractivity contribution in [1.29, 1.82) is 0 Å². The largest absolute Gasteiger partial charge is 0.462 e.